The van der Waals surface area contributed by atoms with E-state index >= 15 is 0 Å². The Morgan fingerprint density at radius 2 is 1.66 bits per heavy atom. The van der Waals surface area contributed by atoms with Crippen molar-refractivity contribution < 1.29 is 4.39 Å². The zero-order chi connectivity index (χ0) is 27.9. The SMILES string of the molecule is CN1CCN([C@H]2CC[C@@H](n3cc(-c4ccc(Nc5ncc6cc(F)ccc6n5)cc4)c4c(N)ncnc43)CC2)CC1. The van der Waals surface area contributed by atoms with Gasteiger partial charge in [0.1, 0.15) is 23.6 Å². The Kier molecular flexibility index (Phi) is 6.72. The molecule has 5 aromatic rings. The maximum atomic E-state index is 13.5. The van der Waals surface area contributed by atoms with E-state index in [0.717, 1.165) is 53.8 Å². The van der Waals surface area contributed by atoms with Crippen LogP contribution in [0.1, 0.15) is 31.7 Å². The molecule has 0 spiro atoms. The average Bonchev–Trinajstić information content (AvgIpc) is 3.39. The van der Waals surface area contributed by atoms with Gasteiger partial charge >= 0.3 is 0 Å². The van der Waals surface area contributed by atoms with Gasteiger partial charge in [0.25, 0.3) is 0 Å². The van der Waals surface area contributed by atoms with Gasteiger partial charge in [0, 0.05) is 67.3 Å². The highest BCUT2D eigenvalue weighted by Crippen LogP contribution is 2.39. The van der Waals surface area contributed by atoms with E-state index in [0.29, 0.717) is 34.8 Å². The highest BCUT2D eigenvalue weighted by molar-refractivity contribution is 6.00. The number of piperazine rings is 1. The van der Waals surface area contributed by atoms with Gasteiger partial charge in [-0.05, 0) is 68.6 Å². The maximum absolute atomic E-state index is 13.5. The first kappa shape index (κ1) is 25.8. The number of nitrogens with two attached hydrogens (primary N) is 1. The van der Waals surface area contributed by atoms with Gasteiger partial charge in [0.15, 0.2) is 0 Å². The number of nitrogen functional groups attached to an aromatic ring is 1. The number of fused-ring (bicyclic) bond motifs is 2. The quantitative estimate of drug-likeness (QED) is 0.306. The molecule has 1 saturated carbocycles. The van der Waals surface area contributed by atoms with Gasteiger partial charge in [-0.3, -0.25) is 4.90 Å². The van der Waals surface area contributed by atoms with E-state index < -0.39 is 0 Å². The second-order valence-corrected chi connectivity index (χ2v) is 11.3. The van der Waals surface area contributed by atoms with Crippen LogP contribution >= 0.6 is 0 Å². The van der Waals surface area contributed by atoms with Crippen molar-refractivity contribution in [1.82, 2.24) is 34.3 Å². The monoisotopic (exact) mass is 551 g/mol. The fraction of sp³-hybridized carbons (Fsp3) is 0.355. The molecule has 2 aromatic carbocycles. The summed E-state index contributed by atoms with van der Waals surface area (Å²) >= 11 is 0. The third-order valence-corrected chi connectivity index (χ3v) is 8.75. The first-order valence-corrected chi connectivity index (χ1v) is 14.4. The molecule has 3 N–H and O–H groups in total. The molecular formula is C31H34FN9. The molecule has 210 valence electrons. The van der Waals surface area contributed by atoms with Gasteiger partial charge in [-0.1, -0.05) is 12.1 Å². The smallest absolute Gasteiger partial charge is 0.227 e. The predicted molar refractivity (Wildman–Crippen MR) is 161 cm³/mol. The summed E-state index contributed by atoms with van der Waals surface area (Å²) in [5.41, 5.74) is 10.9. The number of hydrogen-bond donors (Lipinski definition) is 2. The summed E-state index contributed by atoms with van der Waals surface area (Å²) in [5, 5.41) is 4.82. The summed E-state index contributed by atoms with van der Waals surface area (Å²) in [6, 6.07) is 13.7. The van der Waals surface area contributed by atoms with Crippen LogP contribution in [0.5, 0.6) is 0 Å². The molecule has 41 heavy (non-hydrogen) atoms. The highest BCUT2D eigenvalue weighted by atomic mass is 19.1. The van der Waals surface area contributed by atoms with E-state index in [1.807, 2.05) is 12.1 Å². The lowest BCUT2D eigenvalue weighted by molar-refractivity contribution is 0.0828. The van der Waals surface area contributed by atoms with Crippen molar-refractivity contribution in [1.29, 1.82) is 0 Å². The number of rotatable bonds is 5. The molecule has 1 aliphatic carbocycles. The number of nitrogens with one attached hydrogen (secondary N) is 1. The van der Waals surface area contributed by atoms with Crippen molar-refractivity contribution in [2.24, 2.45) is 0 Å². The second-order valence-electron chi connectivity index (χ2n) is 11.3. The van der Waals surface area contributed by atoms with Gasteiger partial charge < -0.3 is 20.5 Å². The van der Waals surface area contributed by atoms with Crippen molar-refractivity contribution in [3.8, 4) is 11.1 Å². The van der Waals surface area contributed by atoms with Gasteiger partial charge in [-0.25, -0.2) is 24.3 Å². The molecule has 2 fully saturated rings. The molecule has 2 aliphatic rings. The lowest BCUT2D eigenvalue weighted by Crippen LogP contribution is -2.49. The van der Waals surface area contributed by atoms with Crippen LogP contribution in [-0.2, 0) is 0 Å². The molecule has 0 bridgehead atoms. The standard InChI is InChI=1S/C31H34FN9/c1-39-12-14-40(15-13-39)24-7-9-25(10-8-24)41-18-26(28-29(33)35-19-36-30(28)41)20-2-5-23(6-3-20)37-31-34-17-21-16-22(32)4-11-27(21)38-31/h2-6,11,16-19,24-25H,7-10,12-15H2,1H3,(H2,33,35,36)(H,34,37,38)/t24-,25+. The van der Waals surface area contributed by atoms with Gasteiger partial charge in [0.2, 0.25) is 5.95 Å². The van der Waals surface area contributed by atoms with E-state index in [2.05, 4.69) is 65.0 Å². The van der Waals surface area contributed by atoms with E-state index in [-0.39, 0.29) is 5.82 Å². The summed E-state index contributed by atoms with van der Waals surface area (Å²) in [6.45, 7) is 4.66. The molecule has 0 unspecified atom stereocenters. The van der Waals surface area contributed by atoms with Crippen molar-refractivity contribution in [3.63, 3.8) is 0 Å². The third-order valence-electron chi connectivity index (χ3n) is 8.75. The molecule has 7 rings (SSSR count). The number of benzene rings is 2. The largest absolute Gasteiger partial charge is 0.383 e. The number of hydrogen-bond acceptors (Lipinski definition) is 8. The Labute approximate surface area is 238 Å². The number of aromatic nitrogens is 5. The Hall–Kier alpha value is -4.15. The van der Waals surface area contributed by atoms with Crippen molar-refractivity contribution in [2.45, 2.75) is 37.8 Å². The van der Waals surface area contributed by atoms with Crippen LogP contribution < -0.4 is 11.1 Å². The molecule has 0 amide bonds. The molecule has 0 radical (unpaired) electrons. The van der Waals surface area contributed by atoms with Crippen LogP contribution in [0.15, 0.2) is 61.2 Å². The summed E-state index contributed by atoms with van der Waals surface area (Å²) in [6.07, 6.45) is 10.1. The van der Waals surface area contributed by atoms with Crippen LogP contribution in [0.3, 0.4) is 0 Å². The Morgan fingerprint density at radius 3 is 2.44 bits per heavy atom. The zero-order valence-electron chi connectivity index (χ0n) is 23.2. The highest BCUT2D eigenvalue weighted by Gasteiger charge is 2.30. The summed E-state index contributed by atoms with van der Waals surface area (Å²) in [5.74, 6) is 0.652. The van der Waals surface area contributed by atoms with E-state index in [4.69, 9.17) is 5.73 Å². The van der Waals surface area contributed by atoms with E-state index in [9.17, 15) is 4.39 Å². The Balaban J connectivity index is 1.11. The third kappa shape index (κ3) is 5.09. The molecule has 1 saturated heterocycles. The average molecular weight is 552 g/mol. The number of anilines is 3. The Bertz CT molecular complexity index is 1680. The van der Waals surface area contributed by atoms with Crippen LogP contribution in [-0.4, -0.2) is 73.6 Å². The molecular weight excluding hydrogens is 517 g/mol. The predicted octanol–water partition coefficient (Wildman–Crippen LogP) is 5.24. The minimum Gasteiger partial charge on any atom is -0.383 e. The normalized spacial score (nSPS) is 20.5. The van der Waals surface area contributed by atoms with E-state index in [1.54, 1.807) is 18.6 Å². The molecule has 3 aromatic heterocycles. The minimum atomic E-state index is -0.303. The van der Waals surface area contributed by atoms with Gasteiger partial charge in [-0.15, -0.1) is 0 Å². The topological polar surface area (TPSA) is 101 Å². The molecule has 4 heterocycles. The first-order valence-electron chi connectivity index (χ1n) is 14.4. The number of nitrogens with zero attached hydrogens (tertiary/aromatic N) is 7. The van der Waals surface area contributed by atoms with Crippen LogP contribution in [0.2, 0.25) is 0 Å². The van der Waals surface area contributed by atoms with Crippen LogP contribution in [0.25, 0.3) is 33.1 Å². The summed E-state index contributed by atoms with van der Waals surface area (Å²) in [4.78, 5) is 23.0. The second kappa shape index (κ2) is 10.7. The molecule has 1 aliphatic heterocycles. The van der Waals surface area contributed by atoms with Crippen LogP contribution in [0.4, 0.5) is 21.8 Å². The maximum Gasteiger partial charge on any atom is 0.227 e. The molecule has 0 atom stereocenters. The van der Waals surface area contributed by atoms with Crippen molar-refractivity contribution in [3.05, 3.63) is 67.0 Å². The van der Waals surface area contributed by atoms with E-state index in [1.165, 1.54) is 38.1 Å². The first-order chi connectivity index (χ1) is 20.0. The van der Waals surface area contributed by atoms with Gasteiger partial charge in [-0.2, -0.15) is 0 Å². The zero-order valence-corrected chi connectivity index (χ0v) is 23.2. The van der Waals surface area contributed by atoms with Crippen molar-refractivity contribution >= 4 is 39.4 Å². The number of likely N-dealkylation sites (N-methyl/N-ethyl adjacent to an activating group) is 1. The van der Waals surface area contributed by atoms with Crippen LogP contribution in [0, 0.1) is 5.82 Å². The number of halogens is 1. The lowest BCUT2D eigenvalue weighted by Gasteiger charge is -2.41. The molecule has 10 heteroatoms. The molecule has 9 nitrogen and oxygen atoms in total. The fourth-order valence-corrected chi connectivity index (χ4v) is 6.42. The summed E-state index contributed by atoms with van der Waals surface area (Å²) < 4.78 is 15.8. The summed E-state index contributed by atoms with van der Waals surface area (Å²) in [7, 11) is 2.21. The minimum absolute atomic E-state index is 0.303. The van der Waals surface area contributed by atoms with Gasteiger partial charge in [0.05, 0.1) is 10.9 Å². The lowest BCUT2D eigenvalue weighted by atomic mass is 9.89. The van der Waals surface area contributed by atoms with Crippen molar-refractivity contribution in [2.75, 3.05) is 44.3 Å². The Morgan fingerprint density at radius 1 is 0.902 bits per heavy atom. The fourth-order valence-electron chi connectivity index (χ4n) is 6.42.